The van der Waals surface area contributed by atoms with Crippen LogP contribution in [0.3, 0.4) is 0 Å². The third-order valence-corrected chi connectivity index (χ3v) is 9.40. The number of carbonyl (C=O) groups excluding carboxylic acids is 2. The van der Waals surface area contributed by atoms with Crippen LogP contribution in [0, 0.1) is 0 Å². The smallest absolute Gasteiger partial charge is 0.286 e. The summed E-state index contributed by atoms with van der Waals surface area (Å²) in [7, 11) is 11.5. The van der Waals surface area contributed by atoms with Gasteiger partial charge in [0.15, 0.2) is 18.6 Å². The molecule has 0 radical (unpaired) electrons. The van der Waals surface area contributed by atoms with Gasteiger partial charge in [-0.1, -0.05) is 82.8 Å². The maximum atomic E-state index is 12.3. The number of pyridine rings is 1. The van der Waals surface area contributed by atoms with Crippen LogP contribution in [0.5, 0.6) is 0 Å². The van der Waals surface area contributed by atoms with Crippen LogP contribution in [-0.2, 0) is 16.1 Å². The van der Waals surface area contributed by atoms with Crippen molar-refractivity contribution in [3.63, 3.8) is 0 Å². The third-order valence-electron chi connectivity index (χ3n) is 6.99. The van der Waals surface area contributed by atoms with Crippen molar-refractivity contribution < 1.29 is 19.1 Å². The molecule has 1 aromatic heterocycles. The van der Waals surface area contributed by atoms with Gasteiger partial charge < -0.3 is 20.4 Å². The molecule has 3 rings (SSSR count). The zero-order chi connectivity index (χ0) is 34.6. The minimum Gasteiger partial charge on any atom is -0.378 e. The second-order valence-electron chi connectivity index (χ2n) is 11.2. The van der Waals surface area contributed by atoms with Crippen molar-refractivity contribution in [3.8, 4) is 0 Å². The predicted molar refractivity (Wildman–Crippen MR) is 207 cm³/mol. The van der Waals surface area contributed by atoms with Gasteiger partial charge in [0.2, 0.25) is 13.1 Å². The quantitative estimate of drug-likeness (QED) is 0.0586. The maximum Gasteiger partial charge on any atom is 0.286 e. The summed E-state index contributed by atoms with van der Waals surface area (Å²) in [6.45, 7) is 5.51. The first kappa shape index (κ1) is 37.9. The molecule has 0 aliphatic heterocycles. The van der Waals surface area contributed by atoms with Crippen LogP contribution >= 0.6 is 21.6 Å². The Bertz CT molecular complexity index is 1560. The van der Waals surface area contributed by atoms with E-state index in [9.17, 15) is 9.59 Å². The lowest BCUT2D eigenvalue weighted by molar-refractivity contribution is -0.684. The third kappa shape index (κ3) is 14.9. The van der Waals surface area contributed by atoms with E-state index in [0.29, 0.717) is 13.1 Å². The Labute approximate surface area is 293 Å². The molecule has 0 spiro atoms. The van der Waals surface area contributed by atoms with Crippen molar-refractivity contribution in [2.75, 3.05) is 69.1 Å². The monoisotopic (exact) mass is 684 g/mol. The first-order valence-corrected chi connectivity index (χ1v) is 18.3. The molecule has 0 bridgehead atoms. The van der Waals surface area contributed by atoms with Gasteiger partial charge in [-0.3, -0.25) is 9.59 Å². The second kappa shape index (κ2) is 21.4. The van der Waals surface area contributed by atoms with Crippen LogP contribution in [-0.4, -0.2) is 77.4 Å². The molecule has 0 saturated heterocycles. The molecular weight excluding hydrogens is 637 g/mol. The zero-order valence-electron chi connectivity index (χ0n) is 28.4. The number of amides is 2. The van der Waals surface area contributed by atoms with Gasteiger partial charge in [0.1, 0.15) is 0 Å². The molecule has 0 fully saturated rings. The van der Waals surface area contributed by atoms with Crippen molar-refractivity contribution in [1.82, 2.24) is 10.6 Å². The van der Waals surface area contributed by atoms with E-state index < -0.39 is 0 Å². The summed E-state index contributed by atoms with van der Waals surface area (Å²) in [6.07, 6.45) is 17.4. The first-order chi connectivity index (χ1) is 23.2. The molecule has 8 nitrogen and oxygen atoms in total. The molecule has 0 unspecified atom stereocenters. The molecule has 0 aliphatic carbocycles. The van der Waals surface area contributed by atoms with Crippen molar-refractivity contribution in [1.29, 1.82) is 0 Å². The van der Waals surface area contributed by atoms with Gasteiger partial charge in [-0.15, -0.1) is 0 Å². The predicted octanol–water partition coefficient (Wildman–Crippen LogP) is 3.87. The molecule has 48 heavy (non-hydrogen) atoms. The molecule has 2 amide bonds. The molecule has 3 N–H and O–H groups in total. The lowest BCUT2D eigenvalue weighted by Gasteiger charge is -2.11. The Kier molecular flexibility index (Phi) is 16.9. The molecule has 1 heterocycles. The van der Waals surface area contributed by atoms with Gasteiger partial charge in [0, 0.05) is 82.4 Å². The van der Waals surface area contributed by atoms with E-state index in [1.165, 1.54) is 5.69 Å². The highest BCUT2D eigenvalue weighted by atomic mass is 33.1. The Hall–Kier alpha value is -4.54. The molecule has 0 aliphatic rings. The first-order valence-electron chi connectivity index (χ1n) is 15.8. The van der Waals surface area contributed by atoms with Crippen LogP contribution in [0.25, 0.3) is 18.2 Å². The molecular formula is C38H48N6O2S2+2. The van der Waals surface area contributed by atoms with Crippen LogP contribution in [0.1, 0.15) is 16.7 Å². The summed E-state index contributed by atoms with van der Waals surface area (Å²) < 4.78 is 1.87. The summed E-state index contributed by atoms with van der Waals surface area (Å²) in [4.78, 5) is 31.6. The average Bonchev–Trinajstić information content (AvgIpc) is 3.09. The largest absolute Gasteiger partial charge is 0.378 e. The fourth-order valence-corrected chi connectivity index (χ4v) is 6.02. The van der Waals surface area contributed by atoms with Gasteiger partial charge in [-0.2, -0.15) is 4.57 Å². The Morgan fingerprint density at radius 1 is 0.750 bits per heavy atom. The van der Waals surface area contributed by atoms with Crippen LogP contribution in [0.15, 0.2) is 103 Å². The summed E-state index contributed by atoms with van der Waals surface area (Å²) in [5, 5.41) is 5.88. The molecule has 10 heteroatoms. The summed E-state index contributed by atoms with van der Waals surface area (Å²) >= 11 is 0. The van der Waals surface area contributed by atoms with Crippen molar-refractivity contribution in [3.05, 3.63) is 120 Å². The molecule has 2 aromatic carbocycles. The summed E-state index contributed by atoms with van der Waals surface area (Å²) in [6, 6.07) is 20.7. The summed E-state index contributed by atoms with van der Waals surface area (Å²) in [5.41, 5.74) is 6.57. The highest BCUT2D eigenvalue weighted by Crippen LogP contribution is 2.19. The SMILES string of the molecule is C=CC(/C=C/c1ccc(N(C)C)cc1)=C\C=[NH+]CC(=O)NCCSSCCNC(=O)C[n+]1ccc(/C=C/c2ccc(N(C)C)cc2)cc1. The van der Waals surface area contributed by atoms with Crippen LogP contribution in [0.4, 0.5) is 11.4 Å². The number of hydrogen-bond acceptors (Lipinski definition) is 6. The van der Waals surface area contributed by atoms with Crippen LogP contribution in [0.2, 0.25) is 0 Å². The fraction of sp³-hybridized carbons (Fsp3) is 0.263. The van der Waals surface area contributed by atoms with Gasteiger partial charge in [0.25, 0.3) is 11.8 Å². The second-order valence-corrected chi connectivity index (χ2v) is 13.9. The minimum absolute atomic E-state index is 0.0209. The van der Waals surface area contributed by atoms with Gasteiger partial charge >= 0.3 is 0 Å². The number of rotatable bonds is 19. The van der Waals surface area contributed by atoms with E-state index in [4.69, 9.17) is 0 Å². The van der Waals surface area contributed by atoms with E-state index in [0.717, 1.165) is 39.5 Å². The minimum atomic E-state index is -0.0642. The van der Waals surface area contributed by atoms with Gasteiger partial charge in [0.05, 0.1) is 0 Å². The van der Waals surface area contributed by atoms with E-state index in [1.54, 1.807) is 33.9 Å². The number of aromatic nitrogens is 1. The molecule has 0 saturated carbocycles. The van der Waals surface area contributed by atoms with E-state index in [1.807, 2.05) is 75.5 Å². The van der Waals surface area contributed by atoms with Crippen molar-refractivity contribution >= 4 is 69.2 Å². The van der Waals surface area contributed by atoms with Crippen molar-refractivity contribution in [2.45, 2.75) is 6.54 Å². The molecule has 252 valence electrons. The number of allylic oxidation sites excluding steroid dienone is 4. The molecule has 3 aromatic rings. The van der Waals surface area contributed by atoms with E-state index in [2.05, 4.69) is 92.7 Å². The van der Waals surface area contributed by atoms with Gasteiger partial charge in [-0.25, -0.2) is 4.99 Å². The Balaban J connectivity index is 1.22. The standard InChI is InChI=1S/C38H46N6O2S2/c1-6-31(7-8-32-11-15-35(16-12-32)42(2)3)19-22-39-29-37(45)40-23-27-47-48-28-24-41-38(46)30-44-25-20-34(21-26-44)10-9-33-13-17-36(18-14-33)43(4)5/h6-22,25-26H,1,23-24,27-30H2,2-5H3,(H-,40,41,45,46)/p+2/b8-7+,31-19+,39-22?. The highest BCUT2D eigenvalue weighted by molar-refractivity contribution is 8.76. The average molecular weight is 685 g/mol. The Morgan fingerprint density at radius 3 is 1.77 bits per heavy atom. The number of anilines is 2. The van der Waals surface area contributed by atoms with Crippen LogP contribution < -0.4 is 30.0 Å². The zero-order valence-corrected chi connectivity index (χ0v) is 30.0. The highest BCUT2D eigenvalue weighted by Gasteiger charge is 2.08. The number of carbonyl (C=O) groups is 2. The number of benzene rings is 2. The lowest BCUT2D eigenvalue weighted by Crippen LogP contribution is -2.72. The lowest BCUT2D eigenvalue weighted by atomic mass is 10.1. The number of nitrogens with zero attached hydrogens (tertiary/aromatic N) is 3. The van der Waals surface area contributed by atoms with Gasteiger partial charge in [-0.05, 0) is 46.5 Å². The van der Waals surface area contributed by atoms with E-state index >= 15 is 0 Å². The molecule has 0 atom stereocenters. The Morgan fingerprint density at radius 2 is 1.25 bits per heavy atom. The normalized spacial score (nSPS) is 11.7. The topological polar surface area (TPSA) is 82.5 Å². The fourth-order valence-electron chi connectivity index (χ4n) is 4.20. The number of nitrogens with one attached hydrogen (secondary N) is 3. The maximum absolute atomic E-state index is 12.3. The van der Waals surface area contributed by atoms with Crippen molar-refractivity contribution in [2.24, 2.45) is 0 Å². The van der Waals surface area contributed by atoms with E-state index in [-0.39, 0.29) is 24.9 Å². The summed E-state index contributed by atoms with van der Waals surface area (Å²) in [5.74, 6) is 1.49. The number of hydrogen-bond donors (Lipinski definition) is 3.